The molecule has 0 spiro atoms. The molecule has 2 rings (SSSR count). The molecule has 5 heteroatoms. The van der Waals surface area contributed by atoms with E-state index in [2.05, 4.69) is 28.0 Å². The van der Waals surface area contributed by atoms with Gasteiger partial charge in [-0.25, -0.2) is 0 Å². The van der Waals surface area contributed by atoms with E-state index in [1.165, 1.54) is 31.4 Å². The molecule has 0 bridgehead atoms. The van der Waals surface area contributed by atoms with Gasteiger partial charge in [-0.15, -0.1) is 0 Å². The summed E-state index contributed by atoms with van der Waals surface area (Å²) in [5.74, 6) is 0. The molecule has 0 saturated heterocycles. The molecule has 1 aliphatic carbocycles. The van der Waals surface area contributed by atoms with Gasteiger partial charge < -0.3 is 10.5 Å². The average molecular weight is 358 g/mol. The van der Waals surface area contributed by atoms with Crippen LogP contribution in [0.2, 0.25) is 0 Å². The monoisotopic (exact) mass is 357 g/mol. The molecule has 120 valence electrons. The molecule has 1 fully saturated rings. The fraction of sp³-hybridized carbons (Fsp3) is 0.812. The van der Waals surface area contributed by atoms with Crippen LogP contribution in [0.15, 0.2) is 4.47 Å². The highest BCUT2D eigenvalue weighted by molar-refractivity contribution is 9.10. The zero-order valence-electron chi connectivity index (χ0n) is 13.5. The van der Waals surface area contributed by atoms with Crippen LogP contribution in [-0.2, 0) is 18.2 Å². The van der Waals surface area contributed by atoms with Crippen LogP contribution in [0, 0.1) is 6.92 Å². The van der Waals surface area contributed by atoms with Gasteiger partial charge in [-0.3, -0.25) is 4.68 Å². The fourth-order valence-electron chi connectivity index (χ4n) is 3.53. The second-order valence-electron chi connectivity index (χ2n) is 6.19. The summed E-state index contributed by atoms with van der Waals surface area (Å²) < 4.78 is 9.23. The lowest BCUT2D eigenvalue weighted by atomic mass is 9.84. The van der Waals surface area contributed by atoms with Gasteiger partial charge in [0.05, 0.1) is 21.5 Å². The Balaban J connectivity index is 2.19. The van der Waals surface area contributed by atoms with Crippen LogP contribution in [0.1, 0.15) is 56.8 Å². The van der Waals surface area contributed by atoms with Crippen molar-refractivity contribution in [2.45, 2.75) is 70.4 Å². The Morgan fingerprint density at radius 3 is 2.43 bits per heavy atom. The number of hydrogen-bond acceptors (Lipinski definition) is 3. The van der Waals surface area contributed by atoms with E-state index in [0.717, 1.165) is 36.0 Å². The van der Waals surface area contributed by atoms with Crippen molar-refractivity contribution in [2.24, 2.45) is 12.8 Å². The van der Waals surface area contributed by atoms with Gasteiger partial charge >= 0.3 is 0 Å². The van der Waals surface area contributed by atoms with E-state index in [4.69, 9.17) is 10.5 Å². The molecule has 21 heavy (non-hydrogen) atoms. The standard InChI is InChI=1S/C16H28BrN3O/c1-4-21-16(9-7-5-6-8-10-16)14(18)11-13-15(17)12(2)19-20(13)3/h14H,4-11,18H2,1-3H3. The summed E-state index contributed by atoms with van der Waals surface area (Å²) in [5, 5.41) is 4.47. The summed E-state index contributed by atoms with van der Waals surface area (Å²) >= 11 is 3.65. The maximum absolute atomic E-state index is 6.63. The number of aryl methyl sites for hydroxylation is 2. The highest BCUT2D eigenvalue weighted by Crippen LogP contribution is 2.35. The first-order valence-corrected chi connectivity index (χ1v) is 8.87. The summed E-state index contributed by atoms with van der Waals surface area (Å²) in [5.41, 5.74) is 8.66. The van der Waals surface area contributed by atoms with Crippen LogP contribution < -0.4 is 5.73 Å². The van der Waals surface area contributed by atoms with Crippen molar-refractivity contribution in [3.05, 3.63) is 15.9 Å². The van der Waals surface area contributed by atoms with Gasteiger partial charge in [0.15, 0.2) is 0 Å². The van der Waals surface area contributed by atoms with Crippen LogP contribution in [0.25, 0.3) is 0 Å². The van der Waals surface area contributed by atoms with E-state index in [-0.39, 0.29) is 11.6 Å². The molecule has 0 aromatic carbocycles. The molecule has 1 heterocycles. The van der Waals surface area contributed by atoms with E-state index in [1.807, 2.05) is 18.7 Å². The Morgan fingerprint density at radius 2 is 1.95 bits per heavy atom. The van der Waals surface area contributed by atoms with E-state index in [0.29, 0.717) is 0 Å². The molecule has 4 nitrogen and oxygen atoms in total. The van der Waals surface area contributed by atoms with Gasteiger partial charge in [-0.1, -0.05) is 25.7 Å². The largest absolute Gasteiger partial charge is 0.374 e. The van der Waals surface area contributed by atoms with E-state index >= 15 is 0 Å². The van der Waals surface area contributed by atoms with Crippen LogP contribution in [0.3, 0.4) is 0 Å². The summed E-state index contributed by atoms with van der Waals surface area (Å²) in [6.07, 6.45) is 8.01. The van der Waals surface area contributed by atoms with Crippen molar-refractivity contribution in [1.82, 2.24) is 9.78 Å². The van der Waals surface area contributed by atoms with Gasteiger partial charge in [0, 0.05) is 26.1 Å². The van der Waals surface area contributed by atoms with Crippen molar-refractivity contribution in [3.63, 3.8) is 0 Å². The highest BCUT2D eigenvalue weighted by Gasteiger charge is 2.38. The molecule has 0 radical (unpaired) electrons. The van der Waals surface area contributed by atoms with Crippen molar-refractivity contribution in [2.75, 3.05) is 6.61 Å². The molecule has 1 atom stereocenters. The third-order valence-electron chi connectivity index (χ3n) is 4.73. The van der Waals surface area contributed by atoms with Crippen molar-refractivity contribution in [3.8, 4) is 0 Å². The fourth-order valence-corrected chi connectivity index (χ4v) is 4.03. The van der Waals surface area contributed by atoms with Crippen LogP contribution in [0.4, 0.5) is 0 Å². The predicted molar refractivity (Wildman–Crippen MR) is 89.4 cm³/mol. The summed E-state index contributed by atoms with van der Waals surface area (Å²) in [7, 11) is 1.99. The second-order valence-corrected chi connectivity index (χ2v) is 6.99. The van der Waals surface area contributed by atoms with E-state index in [9.17, 15) is 0 Å². The smallest absolute Gasteiger partial charge is 0.0836 e. The quantitative estimate of drug-likeness (QED) is 0.820. The molecule has 1 aromatic rings. The number of ether oxygens (including phenoxy) is 1. The zero-order valence-corrected chi connectivity index (χ0v) is 15.1. The minimum absolute atomic E-state index is 0.0154. The highest BCUT2D eigenvalue weighted by atomic mass is 79.9. The lowest BCUT2D eigenvalue weighted by Gasteiger charge is -2.38. The van der Waals surface area contributed by atoms with Crippen LogP contribution in [0.5, 0.6) is 0 Å². The predicted octanol–water partition coefficient (Wildman–Crippen LogP) is 3.49. The first-order chi connectivity index (χ1) is 10.00. The first kappa shape index (κ1) is 17.0. The van der Waals surface area contributed by atoms with Gasteiger partial charge in [0.2, 0.25) is 0 Å². The minimum atomic E-state index is -0.164. The van der Waals surface area contributed by atoms with Crippen LogP contribution in [-0.4, -0.2) is 28.0 Å². The summed E-state index contributed by atoms with van der Waals surface area (Å²) in [6, 6.07) is 0.0154. The lowest BCUT2D eigenvalue weighted by molar-refractivity contribution is -0.0686. The first-order valence-electron chi connectivity index (χ1n) is 8.07. The van der Waals surface area contributed by atoms with E-state index in [1.54, 1.807) is 0 Å². The normalized spacial score (nSPS) is 20.2. The minimum Gasteiger partial charge on any atom is -0.374 e. The molecule has 1 unspecified atom stereocenters. The molecular weight excluding hydrogens is 330 g/mol. The Labute approximate surface area is 136 Å². The molecule has 1 aliphatic rings. The van der Waals surface area contributed by atoms with Gasteiger partial charge in [0.25, 0.3) is 0 Å². The van der Waals surface area contributed by atoms with Gasteiger partial charge in [-0.2, -0.15) is 5.10 Å². The maximum atomic E-state index is 6.63. The van der Waals surface area contributed by atoms with Crippen molar-refractivity contribution in [1.29, 1.82) is 0 Å². The molecule has 1 saturated carbocycles. The number of rotatable bonds is 5. The average Bonchev–Trinajstić information content (AvgIpc) is 2.65. The number of hydrogen-bond donors (Lipinski definition) is 1. The van der Waals surface area contributed by atoms with Crippen LogP contribution >= 0.6 is 15.9 Å². The van der Waals surface area contributed by atoms with Crippen molar-refractivity contribution >= 4 is 15.9 Å². The third kappa shape index (κ3) is 3.69. The van der Waals surface area contributed by atoms with Gasteiger partial charge in [0.1, 0.15) is 0 Å². The van der Waals surface area contributed by atoms with Crippen molar-refractivity contribution < 1.29 is 4.74 Å². The number of nitrogens with two attached hydrogens (primary N) is 1. The van der Waals surface area contributed by atoms with Gasteiger partial charge in [-0.05, 0) is 42.6 Å². The maximum Gasteiger partial charge on any atom is 0.0836 e. The second kappa shape index (κ2) is 7.25. The number of aromatic nitrogens is 2. The molecule has 0 aliphatic heterocycles. The Bertz CT molecular complexity index is 464. The number of nitrogens with zero attached hydrogens (tertiary/aromatic N) is 2. The Morgan fingerprint density at radius 1 is 1.33 bits per heavy atom. The van der Waals surface area contributed by atoms with E-state index < -0.39 is 0 Å². The molecule has 1 aromatic heterocycles. The molecular formula is C16H28BrN3O. The number of halogens is 1. The Kier molecular flexibility index (Phi) is 5.86. The zero-order chi connectivity index (χ0) is 15.5. The summed E-state index contributed by atoms with van der Waals surface area (Å²) in [4.78, 5) is 0. The lowest BCUT2D eigenvalue weighted by Crippen LogP contribution is -2.51. The topological polar surface area (TPSA) is 53.1 Å². The molecule has 2 N–H and O–H groups in total. The SMILES string of the molecule is CCOC1(C(N)Cc2c(Br)c(C)nn2C)CCCCCC1. The Hall–Kier alpha value is -0.390. The summed E-state index contributed by atoms with van der Waals surface area (Å²) in [6.45, 7) is 4.83. The molecule has 0 amide bonds. The third-order valence-corrected chi connectivity index (χ3v) is 5.76.